The van der Waals surface area contributed by atoms with Crippen molar-refractivity contribution in [2.24, 2.45) is 0 Å². The van der Waals surface area contributed by atoms with Gasteiger partial charge in [-0.05, 0) is 25.0 Å². The zero-order valence-electron chi connectivity index (χ0n) is 10.8. The zero-order valence-corrected chi connectivity index (χ0v) is 10.8. The average molecular weight is 259 g/mol. The van der Waals surface area contributed by atoms with Crippen molar-refractivity contribution in [2.75, 3.05) is 6.54 Å². The lowest BCUT2D eigenvalue weighted by Crippen LogP contribution is -2.55. The Kier molecular flexibility index (Phi) is 3.36. The van der Waals surface area contributed by atoms with E-state index in [1.165, 1.54) is 0 Å². The first-order valence-corrected chi connectivity index (χ1v) is 6.80. The normalized spacial score (nSPS) is 32.7. The van der Waals surface area contributed by atoms with Crippen molar-refractivity contribution in [3.63, 3.8) is 0 Å². The third kappa shape index (κ3) is 2.55. The zero-order chi connectivity index (χ0) is 13.1. The Morgan fingerprint density at radius 3 is 3.05 bits per heavy atom. The molecular formula is C14H19N4O+. The summed E-state index contributed by atoms with van der Waals surface area (Å²) in [5.41, 5.74) is 4.06. The molecule has 1 atom stereocenters. The van der Waals surface area contributed by atoms with E-state index in [0.29, 0.717) is 0 Å². The molecule has 3 N–H and O–H groups in total. The summed E-state index contributed by atoms with van der Waals surface area (Å²) in [6, 6.07) is 8.88. The van der Waals surface area contributed by atoms with Crippen LogP contribution in [0.4, 0.5) is 0 Å². The van der Waals surface area contributed by atoms with Gasteiger partial charge < -0.3 is 5.11 Å². The maximum atomic E-state index is 9.68. The quantitative estimate of drug-likeness (QED) is 0.755. The number of hydrogen-bond donors (Lipinski definition) is 3. The minimum atomic E-state index is -0.200. The summed E-state index contributed by atoms with van der Waals surface area (Å²) in [5, 5.41) is 13.2. The van der Waals surface area contributed by atoms with Gasteiger partial charge in [-0.2, -0.15) is 0 Å². The Hall–Kier alpha value is -1.64. The van der Waals surface area contributed by atoms with Crippen LogP contribution in [0.25, 0.3) is 4.95 Å². The number of pyridine rings is 1. The topological polar surface area (TPSA) is 61.5 Å². The molecule has 1 aliphatic carbocycles. The van der Waals surface area contributed by atoms with Crippen molar-refractivity contribution in [3.05, 3.63) is 35.0 Å². The van der Waals surface area contributed by atoms with E-state index in [9.17, 15) is 5.11 Å². The number of hydrogen-bond acceptors (Lipinski definition) is 4. The van der Waals surface area contributed by atoms with E-state index in [2.05, 4.69) is 26.7 Å². The van der Waals surface area contributed by atoms with E-state index in [1.54, 1.807) is 0 Å². The summed E-state index contributed by atoms with van der Waals surface area (Å²) in [6.07, 6.45) is 5.24. The molecule has 1 fully saturated rings. The molecule has 0 unspecified atom stereocenters. The highest BCUT2D eigenvalue weighted by Crippen LogP contribution is 2.42. The minimum Gasteiger partial charge on any atom is -0.393 e. The highest BCUT2D eigenvalue weighted by molar-refractivity contribution is 5.23. The largest absolute Gasteiger partial charge is 0.393 e. The van der Waals surface area contributed by atoms with Crippen molar-refractivity contribution in [1.82, 2.24) is 15.7 Å². The third-order valence-electron chi connectivity index (χ3n) is 3.99. The van der Waals surface area contributed by atoms with Gasteiger partial charge in [0, 0.05) is 30.3 Å². The Labute approximate surface area is 112 Å². The van der Waals surface area contributed by atoms with Gasteiger partial charge in [0.15, 0.2) is 0 Å². The van der Waals surface area contributed by atoms with Crippen LogP contribution in [-0.2, 0) is 5.41 Å². The number of nitrogens with one attached hydrogen (secondary N) is 2. The Morgan fingerprint density at radius 2 is 2.42 bits per heavy atom. The predicted molar refractivity (Wildman–Crippen MR) is 72.6 cm³/mol. The molecule has 1 saturated carbocycles. The van der Waals surface area contributed by atoms with Gasteiger partial charge in [-0.1, -0.05) is 11.5 Å². The van der Waals surface area contributed by atoms with E-state index >= 15 is 0 Å². The molecule has 1 aromatic heterocycles. The molecule has 2 aliphatic rings. The van der Waals surface area contributed by atoms with Crippen molar-refractivity contribution in [2.45, 2.75) is 43.4 Å². The lowest BCUT2D eigenvalue weighted by atomic mass is 9.64. The van der Waals surface area contributed by atoms with Crippen LogP contribution in [0.2, 0.25) is 0 Å². The summed E-state index contributed by atoms with van der Waals surface area (Å²) in [5.74, 6) is 0. The van der Waals surface area contributed by atoms with Gasteiger partial charge in [0.1, 0.15) is 6.17 Å². The molecule has 0 spiro atoms. The number of aliphatic hydroxyl groups excluding tert-OH is 1. The fraction of sp³-hybridized carbons (Fsp3) is 0.571. The fourth-order valence-corrected chi connectivity index (χ4v) is 2.88. The molecule has 19 heavy (non-hydrogen) atoms. The predicted octanol–water partition coefficient (Wildman–Crippen LogP) is 1.02. The second-order valence-electron chi connectivity index (χ2n) is 5.43. The van der Waals surface area contributed by atoms with Gasteiger partial charge >= 0.3 is 6.07 Å². The molecule has 0 amide bonds. The Balaban J connectivity index is 1.67. The second-order valence-corrected chi connectivity index (χ2v) is 5.43. The standard InChI is InChI=1S/C14H19N4O/c19-11-8-14(9-11,12-4-1-2-6-15-12)10-16-13-5-3-7-17-18-13/h1-2,4,6,11,13,16,18-19H,3,5,8-10H2/q+1/t11?,13-,14?/m0/s1. The summed E-state index contributed by atoms with van der Waals surface area (Å²) in [4.78, 5) is 8.43. The Bertz CT molecular complexity index is 487. The van der Waals surface area contributed by atoms with Crippen LogP contribution in [0.15, 0.2) is 24.4 Å². The van der Waals surface area contributed by atoms with E-state index in [1.807, 2.05) is 24.4 Å². The van der Waals surface area contributed by atoms with Gasteiger partial charge in [-0.15, -0.1) is 0 Å². The smallest absolute Gasteiger partial charge is 0.319 e. The fourth-order valence-electron chi connectivity index (χ4n) is 2.88. The van der Waals surface area contributed by atoms with Crippen LogP contribution < -0.4 is 10.7 Å². The highest BCUT2D eigenvalue weighted by Gasteiger charge is 2.46. The molecule has 0 bridgehead atoms. The van der Waals surface area contributed by atoms with Crippen LogP contribution in [0.3, 0.4) is 0 Å². The van der Waals surface area contributed by atoms with Gasteiger partial charge in [0.25, 0.3) is 0 Å². The van der Waals surface area contributed by atoms with Gasteiger partial charge in [0.2, 0.25) is 0 Å². The molecule has 0 aromatic carbocycles. The van der Waals surface area contributed by atoms with Crippen LogP contribution in [0.1, 0.15) is 31.4 Å². The molecule has 2 heterocycles. The van der Waals surface area contributed by atoms with Gasteiger partial charge in [-0.3, -0.25) is 10.3 Å². The lowest BCUT2D eigenvalue weighted by molar-refractivity contribution is 0.0139. The van der Waals surface area contributed by atoms with Crippen molar-refractivity contribution in [1.29, 1.82) is 0 Å². The van der Waals surface area contributed by atoms with Crippen LogP contribution in [-0.4, -0.2) is 28.9 Å². The summed E-state index contributed by atoms with van der Waals surface area (Å²) < 4.78 is 0. The van der Waals surface area contributed by atoms with Crippen molar-refractivity contribution in [3.8, 4) is 6.07 Å². The number of aromatic nitrogens is 1. The third-order valence-corrected chi connectivity index (χ3v) is 3.99. The maximum absolute atomic E-state index is 9.68. The SMILES string of the molecule is OC1CC(CN[C@@H]2CCC#[N+]N2)(c2ccccn2)C1. The summed E-state index contributed by atoms with van der Waals surface area (Å²) in [6.45, 7) is 0.814. The molecule has 3 rings (SSSR count). The molecule has 5 heteroatoms. The maximum Gasteiger partial charge on any atom is 0.319 e. The van der Waals surface area contributed by atoms with E-state index < -0.39 is 0 Å². The second kappa shape index (κ2) is 5.16. The van der Waals surface area contributed by atoms with E-state index in [-0.39, 0.29) is 17.7 Å². The summed E-state index contributed by atoms with van der Waals surface area (Å²) >= 11 is 0. The number of aliphatic hydroxyl groups is 1. The molecule has 0 saturated heterocycles. The molecule has 1 aromatic rings. The number of rotatable bonds is 4. The first-order chi connectivity index (χ1) is 9.28. The van der Waals surface area contributed by atoms with Crippen molar-refractivity contribution < 1.29 is 5.11 Å². The van der Waals surface area contributed by atoms with Gasteiger partial charge in [-0.25, -0.2) is 0 Å². The average Bonchev–Trinajstić information content (AvgIpc) is 2.44. The Morgan fingerprint density at radius 1 is 1.53 bits per heavy atom. The highest BCUT2D eigenvalue weighted by atomic mass is 16.3. The van der Waals surface area contributed by atoms with E-state index in [0.717, 1.165) is 37.9 Å². The van der Waals surface area contributed by atoms with Crippen LogP contribution >= 0.6 is 0 Å². The van der Waals surface area contributed by atoms with E-state index in [4.69, 9.17) is 0 Å². The first-order valence-electron chi connectivity index (χ1n) is 6.80. The molecule has 100 valence electrons. The first kappa shape index (κ1) is 12.4. The lowest BCUT2D eigenvalue weighted by Gasteiger charge is -2.45. The van der Waals surface area contributed by atoms with Crippen molar-refractivity contribution >= 4 is 0 Å². The monoisotopic (exact) mass is 259 g/mol. The molecular weight excluding hydrogens is 240 g/mol. The minimum absolute atomic E-state index is 0.0345. The van der Waals surface area contributed by atoms with Gasteiger partial charge in [0.05, 0.1) is 17.5 Å². The van der Waals surface area contributed by atoms with Crippen LogP contribution in [0, 0.1) is 6.07 Å². The van der Waals surface area contributed by atoms with Crippen LogP contribution in [0.5, 0.6) is 0 Å². The molecule has 5 nitrogen and oxygen atoms in total. The molecule has 0 radical (unpaired) electrons. The summed E-state index contributed by atoms with van der Waals surface area (Å²) in [7, 11) is 0. The number of nitrogens with zero attached hydrogens (tertiary/aromatic N) is 2. The molecule has 1 aliphatic heterocycles.